The molecule has 4 amide bonds. The summed E-state index contributed by atoms with van der Waals surface area (Å²) >= 11 is 0. The zero-order valence-electron chi connectivity index (χ0n) is 32.0. The average molecular weight is 665 g/mol. The van der Waals surface area contributed by atoms with E-state index >= 15 is 0 Å². The predicted octanol–water partition coefficient (Wildman–Crippen LogP) is 4.58. The maximum absolute atomic E-state index is 11.5. The molecular formula is C37H72N6O4. The number of amides is 4. The van der Waals surface area contributed by atoms with Crippen LogP contribution in [0.25, 0.3) is 0 Å². The molecule has 0 aromatic rings. The SMILES string of the molecule is CC(C)C(=O)N1CCCCC1.CC(C)C(=O)N1CCCCC1.CC(C)C(=O)N1CCN(C)CC1.CC(C)C(=O)NC1CCN(C)CC1. The Kier molecular flexibility index (Phi) is 21.1. The number of hydrogen-bond donors (Lipinski definition) is 1. The summed E-state index contributed by atoms with van der Waals surface area (Å²) in [4.78, 5) is 56.2. The second-order valence-corrected chi connectivity index (χ2v) is 15.1. The Bertz CT molecular complexity index is 863. The Morgan fingerprint density at radius 2 is 0.766 bits per heavy atom. The monoisotopic (exact) mass is 665 g/mol. The normalized spacial score (nSPS) is 19.7. The molecule has 4 fully saturated rings. The van der Waals surface area contributed by atoms with E-state index < -0.39 is 0 Å². The van der Waals surface area contributed by atoms with Crippen molar-refractivity contribution in [3.05, 3.63) is 0 Å². The van der Waals surface area contributed by atoms with Crippen LogP contribution in [0.15, 0.2) is 0 Å². The molecule has 10 nitrogen and oxygen atoms in total. The minimum absolute atomic E-state index is 0.111. The molecule has 274 valence electrons. The van der Waals surface area contributed by atoms with Gasteiger partial charge in [-0.2, -0.15) is 0 Å². The van der Waals surface area contributed by atoms with Gasteiger partial charge in [0.25, 0.3) is 0 Å². The highest BCUT2D eigenvalue weighted by Gasteiger charge is 2.22. The molecule has 0 unspecified atom stereocenters. The third kappa shape index (κ3) is 17.7. The Balaban J connectivity index is 0.000000314. The number of hydrogen-bond acceptors (Lipinski definition) is 6. The largest absolute Gasteiger partial charge is 0.353 e. The summed E-state index contributed by atoms with van der Waals surface area (Å²) in [6.45, 7) is 25.6. The number of likely N-dealkylation sites (N-methyl/N-ethyl adjacent to an activating group) is 1. The first-order chi connectivity index (χ1) is 22.1. The fourth-order valence-electron chi connectivity index (χ4n) is 5.87. The number of rotatable bonds is 5. The summed E-state index contributed by atoms with van der Waals surface area (Å²) in [6.07, 6.45) is 9.54. The second kappa shape index (κ2) is 23.2. The molecule has 4 heterocycles. The number of carbonyl (C=O) groups excluding carboxylic acids is 4. The third-order valence-electron chi connectivity index (χ3n) is 9.22. The van der Waals surface area contributed by atoms with E-state index in [9.17, 15) is 19.2 Å². The van der Waals surface area contributed by atoms with Gasteiger partial charge >= 0.3 is 0 Å². The van der Waals surface area contributed by atoms with Gasteiger partial charge in [-0.1, -0.05) is 55.4 Å². The van der Waals surface area contributed by atoms with Crippen molar-refractivity contribution in [2.75, 3.05) is 79.5 Å². The third-order valence-corrected chi connectivity index (χ3v) is 9.22. The highest BCUT2D eigenvalue weighted by molar-refractivity contribution is 5.79. The fourth-order valence-corrected chi connectivity index (χ4v) is 5.87. The smallest absolute Gasteiger partial charge is 0.225 e. The van der Waals surface area contributed by atoms with Crippen molar-refractivity contribution in [1.82, 2.24) is 29.8 Å². The number of piperazine rings is 1. The lowest BCUT2D eigenvalue weighted by Crippen LogP contribution is -2.48. The molecule has 0 aromatic carbocycles. The molecule has 10 heteroatoms. The summed E-state index contributed by atoms with van der Waals surface area (Å²) < 4.78 is 0. The van der Waals surface area contributed by atoms with Crippen molar-refractivity contribution >= 4 is 23.6 Å². The van der Waals surface area contributed by atoms with E-state index in [2.05, 4.69) is 29.2 Å². The van der Waals surface area contributed by atoms with Crippen LogP contribution in [0.5, 0.6) is 0 Å². The Labute approximate surface area is 288 Å². The lowest BCUT2D eigenvalue weighted by atomic mass is 10.0. The van der Waals surface area contributed by atoms with E-state index in [-0.39, 0.29) is 29.6 Å². The number of carbonyl (C=O) groups is 4. The predicted molar refractivity (Wildman–Crippen MR) is 193 cm³/mol. The van der Waals surface area contributed by atoms with Crippen molar-refractivity contribution in [3.63, 3.8) is 0 Å². The van der Waals surface area contributed by atoms with Gasteiger partial charge in [0, 0.05) is 82.1 Å². The van der Waals surface area contributed by atoms with E-state index in [1.807, 2.05) is 70.1 Å². The maximum atomic E-state index is 11.5. The molecule has 0 saturated carbocycles. The fraction of sp³-hybridized carbons (Fsp3) is 0.892. The summed E-state index contributed by atoms with van der Waals surface area (Å²) in [5.74, 6) is 1.74. The standard InChI is InChI=1S/C10H20N2O.C9H18N2O.2C9H17NO/c1-8(2)10(13)11-9-4-6-12(3)7-5-9;1-8(2)9(12)11-6-4-10(3)5-7-11;2*1-8(2)9(11)10-6-4-3-5-7-10/h8-9H,4-7H2,1-3H3,(H,11,13);8H,4-7H2,1-3H3;2*8H,3-7H2,1-2H3. The Morgan fingerprint density at radius 3 is 1.09 bits per heavy atom. The molecule has 0 radical (unpaired) electrons. The van der Waals surface area contributed by atoms with Gasteiger partial charge in [-0.3, -0.25) is 19.2 Å². The Hall–Kier alpha value is -2.20. The Morgan fingerprint density at radius 1 is 0.447 bits per heavy atom. The lowest BCUT2D eigenvalue weighted by Gasteiger charge is -2.33. The number of likely N-dealkylation sites (tertiary alicyclic amines) is 3. The first-order valence-electron chi connectivity index (χ1n) is 18.7. The average Bonchev–Trinajstić information content (AvgIpc) is 3.06. The van der Waals surface area contributed by atoms with Crippen LogP contribution in [-0.2, 0) is 19.2 Å². The molecule has 0 atom stereocenters. The van der Waals surface area contributed by atoms with Crippen LogP contribution in [-0.4, -0.2) is 134 Å². The molecule has 47 heavy (non-hydrogen) atoms. The minimum Gasteiger partial charge on any atom is -0.353 e. The van der Waals surface area contributed by atoms with Crippen LogP contribution >= 0.6 is 0 Å². The summed E-state index contributed by atoms with van der Waals surface area (Å²) in [5.41, 5.74) is 0. The van der Waals surface area contributed by atoms with Gasteiger partial charge in [-0.05, 0) is 78.6 Å². The first kappa shape index (κ1) is 42.8. The molecule has 0 bridgehead atoms. The van der Waals surface area contributed by atoms with Gasteiger partial charge in [-0.15, -0.1) is 0 Å². The molecule has 0 spiro atoms. The van der Waals surface area contributed by atoms with Crippen LogP contribution in [0, 0.1) is 23.7 Å². The van der Waals surface area contributed by atoms with E-state index in [4.69, 9.17) is 0 Å². The minimum atomic E-state index is 0.111. The van der Waals surface area contributed by atoms with Gasteiger partial charge < -0.3 is 29.8 Å². The van der Waals surface area contributed by atoms with Crippen molar-refractivity contribution in [3.8, 4) is 0 Å². The quantitative estimate of drug-likeness (QED) is 0.463. The highest BCUT2D eigenvalue weighted by Crippen LogP contribution is 2.13. The molecule has 4 saturated heterocycles. The molecule has 1 N–H and O–H groups in total. The van der Waals surface area contributed by atoms with Gasteiger partial charge in [0.05, 0.1) is 0 Å². The van der Waals surface area contributed by atoms with Crippen molar-refractivity contribution in [2.24, 2.45) is 23.7 Å². The van der Waals surface area contributed by atoms with Crippen LogP contribution < -0.4 is 5.32 Å². The first-order valence-corrected chi connectivity index (χ1v) is 18.7. The molecular weight excluding hydrogens is 592 g/mol. The van der Waals surface area contributed by atoms with Crippen LogP contribution in [0.4, 0.5) is 0 Å². The van der Waals surface area contributed by atoms with Crippen molar-refractivity contribution in [1.29, 1.82) is 0 Å². The van der Waals surface area contributed by atoms with Gasteiger partial charge in [-0.25, -0.2) is 0 Å². The van der Waals surface area contributed by atoms with Crippen LogP contribution in [0.1, 0.15) is 107 Å². The highest BCUT2D eigenvalue weighted by atomic mass is 16.2. The summed E-state index contributed by atoms with van der Waals surface area (Å²) in [6, 6.07) is 0.408. The van der Waals surface area contributed by atoms with E-state index in [0.717, 1.165) is 78.3 Å². The zero-order chi connectivity index (χ0) is 35.5. The van der Waals surface area contributed by atoms with Crippen LogP contribution in [0.3, 0.4) is 0 Å². The summed E-state index contributed by atoms with van der Waals surface area (Å²) in [7, 11) is 4.22. The molecule has 4 aliphatic rings. The second-order valence-electron chi connectivity index (χ2n) is 15.1. The maximum Gasteiger partial charge on any atom is 0.225 e. The number of nitrogens with zero attached hydrogens (tertiary/aromatic N) is 5. The molecule has 4 rings (SSSR count). The van der Waals surface area contributed by atoms with Crippen molar-refractivity contribution in [2.45, 2.75) is 113 Å². The zero-order valence-corrected chi connectivity index (χ0v) is 32.0. The summed E-state index contributed by atoms with van der Waals surface area (Å²) in [5, 5.41) is 3.07. The number of nitrogens with one attached hydrogen (secondary N) is 1. The number of piperidine rings is 3. The molecule has 0 aromatic heterocycles. The van der Waals surface area contributed by atoms with E-state index in [1.54, 1.807) is 0 Å². The van der Waals surface area contributed by atoms with Crippen molar-refractivity contribution < 1.29 is 19.2 Å². The molecule has 4 aliphatic heterocycles. The van der Waals surface area contributed by atoms with Gasteiger partial charge in [0.15, 0.2) is 0 Å². The van der Waals surface area contributed by atoms with E-state index in [1.165, 1.54) is 38.5 Å². The molecule has 0 aliphatic carbocycles. The van der Waals surface area contributed by atoms with Gasteiger partial charge in [0.2, 0.25) is 23.6 Å². The topological polar surface area (TPSA) is 96.5 Å². The van der Waals surface area contributed by atoms with Crippen LogP contribution in [0.2, 0.25) is 0 Å². The van der Waals surface area contributed by atoms with Gasteiger partial charge in [0.1, 0.15) is 0 Å². The van der Waals surface area contributed by atoms with E-state index in [0.29, 0.717) is 23.8 Å². The lowest BCUT2D eigenvalue weighted by molar-refractivity contribution is -0.136.